The van der Waals surface area contributed by atoms with E-state index in [1.54, 1.807) is 18.2 Å². The van der Waals surface area contributed by atoms with Crippen LogP contribution in [0.15, 0.2) is 36.4 Å². The van der Waals surface area contributed by atoms with E-state index in [0.717, 1.165) is 17.4 Å². The van der Waals surface area contributed by atoms with Crippen LogP contribution in [0, 0.1) is 19.3 Å². The first-order valence-corrected chi connectivity index (χ1v) is 12.7. The first-order valence-electron chi connectivity index (χ1n) is 12.7. The third kappa shape index (κ3) is 5.56. The normalized spacial score (nSPS) is 17.7. The Hall–Kier alpha value is -2.93. The highest BCUT2D eigenvalue weighted by molar-refractivity contribution is 6.72. The molecule has 1 N–H and O–H groups in total. The fraction of sp³-hybridized carbons (Fsp3) is 0.483. The molecule has 2 aromatic carbocycles. The molecule has 3 rings (SSSR count). The summed E-state index contributed by atoms with van der Waals surface area (Å²) >= 11 is 0. The molecule has 1 saturated heterocycles. The molecule has 2 aromatic rings. The summed E-state index contributed by atoms with van der Waals surface area (Å²) in [6, 6.07) is 10.5. The van der Waals surface area contributed by atoms with Crippen molar-refractivity contribution in [3.8, 4) is 0 Å². The number of nitrogens with zero attached hydrogens (tertiary/aromatic N) is 1. The summed E-state index contributed by atoms with van der Waals surface area (Å²) in [5.41, 5.74) is 6.42. The van der Waals surface area contributed by atoms with Crippen molar-refractivity contribution in [1.82, 2.24) is 10.4 Å². The van der Waals surface area contributed by atoms with Crippen molar-refractivity contribution in [3.05, 3.63) is 64.2 Å². The smallest absolute Gasteiger partial charge is 0.333 e. The highest BCUT2D eigenvalue weighted by atomic mass is 16.5. The van der Waals surface area contributed by atoms with E-state index in [1.165, 1.54) is 5.01 Å². The quantitative estimate of drug-likeness (QED) is 0.346. The summed E-state index contributed by atoms with van der Waals surface area (Å²) in [4.78, 5) is 39.0. The third-order valence-electron chi connectivity index (χ3n) is 7.37. The maximum atomic E-state index is 13.8. The molecule has 2 atom stereocenters. The van der Waals surface area contributed by atoms with E-state index in [4.69, 9.17) is 4.65 Å². The average Bonchev–Trinajstić information content (AvgIpc) is 2.79. The number of rotatable bonds is 6. The average molecular weight is 490 g/mol. The van der Waals surface area contributed by atoms with Crippen molar-refractivity contribution in [2.24, 2.45) is 5.41 Å². The topological polar surface area (TPSA) is 75.7 Å². The van der Waals surface area contributed by atoms with Gasteiger partial charge in [0, 0.05) is 22.3 Å². The molecule has 2 amide bonds. The lowest BCUT2D eigenvalue weighted by atomic mass is 9.41. The molecule has 6 nitrogen and oxygen atoms in total. The standard InChI is InChI=1S/C29H39BN2O4/c1-10-25(28(5,6)7)32(27(35)23-14-18(2)13-19(3)15-23)31-26(34)21-11-12-22(17-33)24(16-21)30-20(4)29(8,9)36-30/h11-17,20,25H,10H2,1-9H3,(H,31,34). The first-order chi connectivity index (χ1) is 16.7. The molecular weight excluding hydrogens is 451 g/mol. The number of amides is 2. The van der Waals surface area contributed by atoms with Crippen molar-refractivity contribution in [2.45, 2.75) is 86.2 Å². The van der Waals surface area contributed by atoms with E-state index in [2.05, 4.69) is 33.1 Å². The molecule has 1 aliphatic heterocycles. The minimum atomic E-state index is -0.402. The van der Waals surface area contributed by atoms with Crippen LogP contribution in [0.5, 0.6) is 0 Å². The summed E-state index contributed by atoms with van der Waals surface area (Å²) in [6.07, 6.45) is 1.46. The Morgan fingerprint density at radius 3 is 2.19 bits per heavy atom. The van der Waals surface area contributed by atoms with Gasteiger partial charge in [-0.3, -0.25) is 19.8 Å². The van der Waals surface area contributed by atoms with Crippen molar-refractivity contribution < 1.29 is 19.0 Å². The van der Waals surface area contributed by atoms with Gasteiger partial charge >= 0.3 is 6.92 Å². The zero-order chi connectivity index (χ0) is 27.0. The fourth-order valence-corrected chi connectivity index (χ4v) is 5.10. The van der Waals surface area contributed by atoms with Crippen molar-refractivity contribution >= 4 is 30.5 Å². The van der Waals surface area contributed by atoms with Gasteiger partial charge in [0.2, 0.25) is 0 Å². The maximum absolute atomic E-state index is 13.8. The number of hydrogen-bond acceptors (Lipinski definition) is 4. The molecule has 36 heavy (non-hydrogen) atoms. The lowest BCUT2D eigenvalue weighted by molar-refractivity contribution is 0.0284. The second-order valence-corrected chi connectivity index (χ2v) is 11.7. The number of benzene rings is 2. The Kier molecular flexibility index (Phi) is 7.85. The minimum absolute atomic E-state index is 0.183. The Bertz CT molecular complexity index is 1150. The van der Waals surface area contributed by atoms with Crippen LogP contribution in [0.1, 0.15) is 97.1 Å². The lowest BCUT2D eigenvalue weighted by Crippen LogP contribution is -2.61. The van der Waals surface area contributed by atoms with Crippen LogP contribution in [0.25, 0.3) is 0 Å². The molecular formula is C29H39BN2O4. The number of hydrazine groups is 1. The fourth-order valence-electron chi connectivity index (χ4n) is 5.10. The summed E-state index contributed by atoms with van der Waals surface area (Å²) in [7, 11) is 0. The van der Waals surface area contributed by atoms with Gasteiger partial charge in [-0.2, -0.15) is 0 Å². The van der Waals surface area contributed by atoms with E-state index in [-0.39, 0.29) is 35.7 Å². The van der Waals surface area contributed by atoms with Gasteiger partial charge in [-0.15, -0.1) is 0 Å². The van der Waals surface area contributed by atoms with Gasteiger partial charge in [-0.05, 0) is 69.0 Å². The van der Waals surface area contributed by atoms with E-state index >= 15 is 0 Å². The Morgan fingerprint density at radius 2 is 1.72 bits per heavy atom. The molecule has 1 aliphatic rings. The van der Waals surface area contributed by atoms with Gasteiger partial charge in [-0.1, -0.05) is 63.9 Å². The van der Waals surface area contributed by atoms with Gasteiger partial charge in [0.25, 0.3) is 11.8 Å². The molecule has 7 heteroatoms. The van der Waals surface area contributed by atoms with Crippen LogP contribution in [0.2, 0.25) is 5.82 Å². The highest BCUT2D eigenvalue weighted by Gasteiger charge is 2.50. The van der Waals surface area contributed by atoms with Crippen LogP contribution in [0.4, 0.5) is 0 Å². The monoisotopic (exact) mass is 490 g/mol. The zero-order valence-corrected chi connectivity index (χ0v) is 23.1. The van der Waals surface area contributed by atoms with Gasteiger partial charge < -0.3 is 4.65 Å². The Morgan fingerprint density at radius 1 is 1.11 bits per heavy atom. The number of aryl methyl sites for hydroxylation is 2. The molecule has 0 aromatic heterocycles. The van der Waals surface area contributed by atoms with Gasteiger partial charge in [-0.25, -0.2) is 5.01 Å². The number of hydrogen-bond donors (Lipinski definition) is 1. The molecule has 2 unspecified atom stereocenters. The predicted molar refractivity (Wildman–Crippen MR) is 145 cm³/mol. The van der Waals surface area contributed by atoms with E-state index in [9.17, 15) is 14.4 Å². The SMILES string of the molecule is CCC(N(NC(=O)c1ccc(C=O)c(B2OC(C)(C)C2C)c1)C(=O)c1cc(C)cc(C)c1)C(C)(C)C. The molecule has 1 fully saturated rings. The second kappa shape index (κ2) is 10.2. The highest BCUT2D eigenvalue weighted by Crippen LogP contribution is 2.40. The van der Waals surface area contributed by atoms with Gasteiger partial charge in [0.05, 0.1) is 6.04 Å². The van der Waals surface area contributed by atoms with Gasteiger partial charge in [0.15, 0.2) is 0 Å². The number of carbonyl (C=O) groups is 3. The van der Waals surface area contributed by atoms with Crippen LogP contribution in [0.3, 0.4) is 0 Å². The molecule has 0 radical (unpaired) electrons. The third-order valence-corrected chi connectivity index (χ3v) is 7.37. The molecule has 1 heterocycles. The van der Waals surface area contributed by atoms with Crippen LogP contribution >= 0.6 is 0 Å². The lowest BCUT2D eigenvalue weighted by Gasteiger charge is -2.48. The van der Waals surface area contributed by atoms with E-state index in [1.807, 2.05) is 52.8 Å². The van der Waals surface area contributed by atoms with Crippen LogP contribution in [-0.4, -0.2) is 41.7 Å². The Balaban J connectivity index is 1.98. The summed E-state index contributed by atoms with van der Waals surface area (Å²) in [6.45, 7) is 17.9. The minimum Gasteiger partial charge on any atom is -0.426 e. The van der Waals surface area contributed by atoms with Crippen molar-refractivity contribution in [3.63, 3.8) is 0 Å². The molecule has 0 saturated carbocycles. The molecule has 0 bridgehead atoms. The van der Waals surface area contributed by atoms with Gasteiger partial charge in [0.1, 0.15) is 6.29 Å². The first kappa shape index (κ1) is 27.7. The summed E-state index contributed by atoms with van der Waals surface area (Å²) in [5.74, 6) is -0.470. The maximum Gasteiger partial charge on any atom is 0.333 e. The van der Waals surface area contributed by atoms with Crippen molar-refractivity contribution in [2.75, 3.05) is 0 Å². The summed E-state index contributed by atoms with van der Waals surface area (Å²) < 4.78 is 6.05. The van der Waals surface area contributed by atoms with Crippen LogP contribution < -0.4 is 10.9 Å². The second-order valence-electron chi connectivity index (χ2n) is 11.7. The molecule has 192 valence electrons. The molecule has 0 spiro atoms. The summed E-state index contributed by atoms with van der Waals surface area (Å²) in [5, 5.41) is 1.48. The molecule has 0 aliphatic carbocycles. The van der Waals surface area contributed by atoms with Crippen molar-refractivity contribution in [1.29, 1.82) is 0 Å². The number of aldehydes is 1. The Labute approximate surface area is 215 Å². The van der Waals surface area contributed by atoms with E-state index < -0.39 is 5.91 Å². The number of nitrogens with one attached hydrogen (secondary N) is 1. The number of carbonyl (C=O) groups excluding carboxylic acids is 3. The predicted octanol–water partition coefficient (Wildman–Crippen LogP) is 5.13. The zero-order valence-electron chi connectivity index (χ0n) is 23.1. The van der Waals surface area contributed by atoms with Crippen LogP contribution in [-0.2, 0) is 4.65 Å². The largest absolute Gasteiger partial charge is 0.426 e. The van der Waals surface area contributed by atoms with E-state index in [0.29, 0.717) is 28.6 Å².